The van der Waals surface area contributed by atoms with E-state index in [9.17, 15) is 4.79 Å². The summed E-state index contributed by atoms with van der Waals surface area (Å²) in [6.45, 7) is 6.40. The molecule has 0 aromatic heterocycles. The Bertz CT molecular complexity index is 439. The maximum absolute atomic E-state index is 12.2. The predicted molar refractivity (Wildman–Crippen MR) is 87.7 cm³/mol. The molecule has 0 aliphatic carbocycles. The molecule has 0 saturated carbocycles. The number of rotatable bonds is 7. The van der Waals surface area contributed by atoms with Crippen molar-refractivity contribution < 1.29 is 9.53 Å². The normalized spacial score (nSPS) is 16.5. The molecule has 1 aromatic carbocycles. The Morgan fingerprint density at radius 1 is 1.18 bits per heavy atom. The van der Waals surface area contributed by atoms with Crippen LogP contribution >= 0.6 is 0 Å². The van der Waals surface area contributed by atoms with E-state index in [1.165, 1.54) is 5.56 Å². The highest BCUT2D eigenvalue weighted by molar-refractivity contribution is 5.78. The molecular weight excluding hydrogens is 278 g/mol. The molecule has 0 radical (unpaired) electrons. The van der Waals surface area contributed by atoms with Gasteiger partial charge in [-0.3, -0.25) is 9.69 Å². The first kappa shape index (κ1) is 16.9. The zero-order valence-electron chi connectivity index (χ0n) is 13.5. The van der Waals surface area contributed by atoms with Crippen LogP contribution in [-0.2, 0) is 16.1 Å². The molecule has 0 unspecified atom stereocenters. The van der Waals surface area contributed by atoms with E-state index in [4.69, 9.17) is 4.74 Å². The topological polar surface area (TPSA) is 44.8 Å². The monoisotopic (exact) mass is 305 g/mol. The third-order valence-electron chi connectivity index (χ3n) is 3.95. The smallest absolute Gasteiger partial charge is 0.236 e. The minimum absolute atomic E-state index is 0.192. The van der Waals surface area contributed by atoms with Gasteiger partial charge in [0.25, 0.3) is 0 Å². The molecule has 1 aliphatic heterocycles. The molecule has 122 valence electrons. The van der Waals surface area contributed by atoms with Crippen LogP contribution in [0.3, 0.4) is 0 Å². The van der Waals surface area contributed by atoms with Crippen LogP contribution in [0.1, 0.15) is 12.0 Å². The highest BCUT2D eigenvalue weighted by atomic mass is 16.5. The minimum Gasteiger partial charge on any atom is -0.383 e. The Morgan fingerprint density at radius 3 is 2.77 bits per heavy atom. The van der Waals surface area contributed by atoms with Gasteiger partial charge >= 0.3 is 0 Å². The first-order chi connectivity index (χ1) is 10.8. The summed E-state index contributed by atoms with van der Waals surface area (Å²) in [4.78, 5) is 16.6. The highest BCUT2D eigenvalue weighted by Crippen LogP contribution is 2.09. The van der Waals surface area contributed by atoms with Gasteiger partial charge in [-0.15, -0.1) is 0 Å². The molecule has 1 N–H and O–H groups in total. The first-order valence-corrected chi connectivity index (χ1v) is 8.03. The molecule has 0 bridgehead atoms. The summed E-state index contributed by atoms with van der Waals surface area (Å²) >= 11 is 0. The Morgan fingerprint density at radius 2 is 2.00 bits per heavy atom. The number of amides is 1. The second-order valence-corrected chi connectivity index (χ2v) is 5.67. The Kier molecular flexibility index (Phi) is 7.36. The number of carbonyl (C=O) groups is 1. The molecule has 5 heteroatoms. The number of methoxy groups -OCH3 is 1. The molecule has 1 aromatic rings. The van der Waals surface area contributed by atoms with Gasteiger partial charge < -0.3 is 15.0 Å². The SMILES string of the molecule is COCCNCC(=O)N1CCCN(Cc2ccccc2)CC1. The van der Waals surface area contributed by atoms with Gasteiger partial charge in [0.15, 0.2) is 0 Å². The van der Waals surface area contributed by atoms with Gasteiger partial charge in [-0.25, -0.2) is 0 Å². The second-order valence-electron chi connectivity index (χ2n) is 5.67. The number of ether oxygens (including phenoxy) is 1. The zero-order valence-corrected chi connectivity index (χ0v) is 13.5. The van der Waals surface area contributed by atoms with E-state index < -0.39 is 0 Å². The second kappa shape index (κ2) is 9.56. The van der Waals surface area contributed by atoms with Crippen molar-refractivity contribution in [2.75, 3.05) is 53.0 Å². The number of carbonyl (C=O) groups excluding carboxylic acids is 1. The summed E-state index contributed by atoms with van der Waals surface area (Å²) < 4.78 is 4.97. The number of benzene rings is 1. The third-order valence-corrected chi connectivity index (χ3v) is 3.95. The molecule has 1 heterocycles. The lowest BCUT2D eigenvalue weighted by molar-refractivity contribution is -0.130. The fraction of sp³-hybridized carbons (Fsp3) is 0.588. The van der Waals surface area contributed by atoms with E-state index in [0.29, 0.717) is 13.2 Å². The van der Waals surface area contributed by atoms with Gasteiger partial charge in [-0.05, 0) is 12.0 Å². The van der Waals surface area contributed by atoms with E-state index >= 15 is 0 Å². The standard InChI is InChI=1S/C17H27N3O2/c1-22-13-8-18-14-17(21)20-10-5-9-19(11-12-20)15-16-6-3-2-4-7-16/h2-4,6-7,18H,5,8-15H2,1H3. The van der Waals surface area contributed by atoms with Gasteiger partial charge in [-0.2, -0.15) is 0 Å². The molecule has 1 saturated heterocycles. The molecule has 0 atom stereocenters. The predicted octanol–water partition coefficient (Wildman–Crippen LogP) is 0.957. The molecule has 1 amide bonds. The van der Waals surface area contributed by atoms with Crippen molar-refractivity contribution in [2.24, 2.45) is 0 Å². The Labute approximate surface area is 133 Å². The first-order valence-electron chi connectivity index (χ1n) is 8.03. The summed E-state index contributed by atoms with van der Waals surface area (Å²) in [5.74, 6) is 0.192. The largest absolute Gasteiger partial charge is 0.383 e. The van der Waals surface area contributed by atoms with Gasteiger partial charge in [0.05, 0.1) is 13.2 Å². The van der Waals surface area contributed by atoms with Gasteiger partial charge in [0.1, 0.15) is 0 Å². The summed E-state index contributed by atoms with van der Waals surface area (Å²) in [6, 6.07) is 10.5. The maximum atomic E-state index is 12.2. The van der Waals surface area contributed by atoms with Crippen molar-refractivity contribution in [2.45, 2.75) is 13.0 Å². The van der Waals surface area contributed by atoms with Gasteiger partial charge in [-0.1, -0.05) is 30.3 Å². The average Bonchev–Trinajstić information content (AvgIpc) is 2.78. The van der Waals surface area contributed by atoms with Crippen molar-refractivity contribution >= 4 is 5.91 Å². The number of nitrogens with zero attached hydrogens (tertiary/aromatic N) is 2. The summed E-state index contributed by atoms with van der Waals surface area (Å²) in [5, 5.41) is 3.13. The van der Waals surface area contributed by atoms with Crippen molar-refractivity contribution in [1.82, 2.24) is 15.1 Å². The molecule has 22 heavy (non-hydrogen) atoms. The minimum atomic E-state index is 0.192. The fourth-order valence-corrected chi connectivity index (χ4v) is 2.70. The summed E-state index contributed by atoms with van der Waals surface area (Å²) in [6.07, 6.45) is 1.04. The lowest BCUT2D eigenvalue weighted by Gasteiger charge is -2.22. The van der Waals surface area contributed by atoms with E-state index in [-0.39, 0.29) is 5.91 Å². The highest BCUT2D eigenvalue weighted by Gasteiger charge is 2.18. The molecule has 1 aliphatic rings. The van der Waals surface area contributed by atoms with E-state index in [0.717, 1.165) is 45.7 Å². The van der Waals surface area contributed by atoms with Crippen molar-refractivity contribution in [3.63, 3.8) is 0 Å². The molecule has 5 nitrogen and oxygen atoms in total. The Balaban J connectivity index is 1.73. The van der Waals surface area contributed by atoms with Crippen LogP contribution in [0.25, 0.3) is 0 Å². The quantitative estimate of drug-likeness (QED) is 0.762. The van der Waals surface area contributed by atoms with E-state index in [1.807, 2.05) is 11.0 Å². The molecular formula is C17H27N3O2. The van der Waals surface area contributed by atoms with Crippen LogP contribution in [0.5, 0.6) is 0 Å². The molecule has 1 fully saturated rings. The number of nitrogens with one attached hydrogen (secondary N) is 1. The molecule has 0 spiro atoms. The van der Waals surface area contributed by atoms with Crippen molar-refractivity contribution in [3.05, 3.63) is 35.9 Å². The maximum Gasteiger partial charge on any atom is 0.236 e. The van der Waals surface area contributed by atoms with Crippen LogP contribution in [-0.4, -0.2) is 68.7 Å². The van der Waals surface area contributed by atoms with E-state index in [1.54, 1.807) is 7.11 Å². The van der Waals surface area contributed by atoms with E-state index in [2.05, 4.69) is 34.5 Å². The Hall–Kier alpha value is -1.43. The van der Waals surface area contributed by atoms with Gasteiger partial charge in [0, 0.05) is 46.4 Å². The van der Waals surface area contributed by atoms with Crippen molar-refractivity contribution in [1.29, 1.82) is 0 Å². The average molecular weight is 305 g/mol. The lowest BCUT2D eigenvalue weighted by atomic mass is 10.2. The number of hydrogen-bond acceptors (Lipinski definition) is 4. The zero-order chi connectivity index (χ0) is 15.6. The van der Waals surface area contributed by atoms with Crippen LogP contribution in [0.2, 0.25) is 0 Å². The van der Waals surface area contributed by atoms with Crippen LogP contribution < -0.4 is 5.32 Å². The lowest BCUT2D eigenvalue weighted by Crippen LogP contribution is -2.41. The van der Waals surface area contributed by atoms with Crippen LogP contribution in [0.4, 0.5) is 0 Å². The summed E-state index contributed by atoms with van der Waals surface area (Å²) in [5.41, 5.74) is 1.34. The van der Waals surface area contributed by atoms with Crippen LogP contribution in [0.15, 0.2) is 30.3 Å². The fourth-order valence-electron chi connectivity index (χ4n) is 2.70. The van der Waals surface area contributed by atoms with Crippen molar-refractivity contribution in [3.8, 4) is 0 Å². The van der Waals surface area contributed by atoms with Gasteiger partial charge in [0.2, 0.25) is 5.91 Å². The number of hydrogen-bond donors (Lipinski definition) is 1. The van der Waals surface area contributed by atoms with Crippen LogP contribution in [0, 0.1) is 0 Å². The third kappa shape index (κ3) is 5.75. The summed E-state index contributed by atoms with van der Waals surface area (Å²) in [7, 11) is 1.67. The molecule has 2 rings (SSSR count).